The van der Waals surface area contributed by atoms with Gasteiger partial charge in [0.15, 0.2) is 0 Å². The normalized spacial score (nSPS) is 29.1. The summed E-state index contributed by atoms with van der Waals surface area (Å²) in [6.07, 6.45) is 10.4. The average molecular weight is 106 g/mol. The standard InChI is InChI=1S/C7H6O/c1-2-7-5-3-4-6-8-7/h1,3-7H/t7-/m1/s1. The Balaban J connectivity index is 2.25. The topological polar surface area (TPSA) is 9.23 Å². The highest BCUT2D eigenvalue weighted by atomic mass is 16.5. The average Bonchev–Trinajstić information content (AvgIpc) is 1.90. The van der Waals surface area contributed by atoms with Crippen molar-refractivity contribution in [2.45, 2.75) is 6.10 Å². The van der Waals surface area contributed by atoms with E-state index < -0.39 is 0 Å². The predicted molar refractivity (Wildman–Crippen MR) is 30.9 cm³/mol. The van der Waals surface area contributed by atoms with Crippen LogP contribution in [0.15, 0.2) is 0 Å². The van der Waals surface area contributed by atoms with Gasteiger partial charge < -0.3 is 4.74 Å². The molecular formula is C7H6O. The largest absolute Gasteiger partial charge is 0.359 e. The first-order valence-corrected chi connectivity index (χ1v) is 2.38. The second kappa shape index (κ2) is 2.74. The van der Waals surface area contributed by atoms with E-state index in [1.165, 1.54) is 0 Å². The van der Waals surface area contributed by atoms with Crippen molar-refractivity contribution < 1.29 is 4.74 Å². The Labute approximate surface area is 50.0 Å². The Hall–Kier alpha value is -0.480. The molecule has 1 heterocycles. The number of hydrogen-bond acceptors (Lipinski definition) is 1. The molecule has 8 heavy (non-hydrogen) atoms. The van der Waals surface area contributed by atoms with E-state index >= 15 is 0 Å². The first-order valence-electron chi connectivity index (χ1n) is 2.38. The Morgan fingerprint density at radius 3 is 2.75 bits per heavy atom. The van der Waals surface area contributed by atoms with Gasteiger partial charge in [0.25, 0.3) is 0 Å². The van der Waals surface area contributed by atoms with E-state index in [1.807, 2.05) is 12.8 Å². The SMILES string of the molecule is C#C[C@@H]1[CH][CH][CH][CH]O1. The van der Waals surface area contributed by atoms with Gasteiger partial charge in [0.05, 0.1) is 6.61 Å². The molecule has 0 bridgehead atoms. The number of rotatable bonds is 0. The van der Waals surface area contributed by atoms with E-state index in [0.717, 1.165) is 0 Å². The van der Waals surface area contributed by atoms with Gasteiger partial charge in [-0.1, -0.05) is 5.92 Å². The summed E-state index contributed by atoms with van der Waals surface area (Å²) in [6, 6.07) is 0. The molecule has 0 N–H and O–H groups in total. The molecule has 0 aromatic heterocycles. The Bertz CT molecular complexity index is 95.4. The van der Waals surface area contributed by atoms with Crippen LogP contribution in [0.2, 0.25) is 0 Å². The monoisotopic (exact) mass is 106 g/mol. The first kappa shape index (κ1) is 5.65. The zero-order valence-corrected chi connectivity index (χ0v) is 4.37. The van der Waals surface area contributed by atoms with Gasteiger partial charge in [-0.3, -0.25) is 0 Å². The molecule has 0 aliphatic carbocycles. The lowest BCUT2D eigenvalue weighted by atomic mass is 10.1. The summed E-state index contributed by atoms with van der Waals surface area (Å²) in [5.41, 5.74) is 0. The van der Waals surface area contributed by atoms with E-state index in [1.54, 1.807) is 13.0 Å². The molecule has 1 aliphatic heterocycles. The van der Waals surface area contributed by atoms with Gasteiger partial charge in [-0.2, -0.15) is 0 Å². The van der Waals surface area contributed by atoms with Crippen LogP contribution in [0.1, 0.15) is 0 Å². The zero-order chi connectivity index (χ0) is 5.82. The van der Waals surface area contributed by atoms with Gasteiger partial charge in [0.2, 0.25) is 0 Å². The van der Waals surface area contributed by atoms with E-state index in [-0.39, 0.29) is 6.10 Å². The van der Waals surface area contributed by atoms with Crippen molar-refractivity contribution >= 4 is 0 Å². The quantitative estimate of drug-likeness (QED) is 0.415. The van der Waals surface area contributed by atoms with Gasteiger partial charge in [0.1, 0.15) is 6.10 Å². The molecule has 1 fully saturated rings. The van der Waals surface area contributed by atoms with E-state index in [9.17, 15) is 0 Å². The fraction of sp³-hybridized carbons (Fsp3) is 0.143. The highest BCUT2D eigenvalue weighted by molar-refractivity contribution is 5.17. The van der Waals surface area contributed by atoms with Crippen LogP contribution in [-0.2, 0) is 4.74 Å². The molecule has 0 saturated carbocycles. The smallest absolute Gasteiger partial charge is 0.121 e. The summed E-state index contributed by atoms with van der Waals surface area (Å²) >= 11 is 0. The molecule has 0 aromatic rings. The van der Waals surface area contributed by atoms with Crippen LogP contribution in [0.4, 0.5) is 0 Å². The van der Waals surface area contributed by atoms with Crippen LogP contribution in [-0.4, -0.2) is 6.10 Å². The van der Waals surface area contributed by atoms with Crippen LogP contribution in [0.3, 0.4) is 0 Å². The summed E-state index contributed by atoms with van der Waals surface area (Å²) in [5, 5.41) is 0. The Morgan fingerprint density at radius 1 is 1.50 bits per heavy atom. The van der Waals surface area contributed by atoms with Crippen LogP contribution in [0.5, 0.6) is 0 Å². The zero-order valence-electron chi connectivity index (χ0n) is 4.37. The minimum Gasteiger partial charge on any atom is -0.359 e. The van der Waals surface area contributed by atoms with Crippen LogP contribution < -0.4 is 0 Å². The van der Waals surface area contributed by atoms with E-state index in [0.29, 0.717) is 0 Å². The van der Waals surface area contributed by atoms with Crippen molar-refractivity contribution in [3.05, 3.63) is 25.9 Å². The minimum absolute atomic E-state index is 0.153. The molecule has 0 spiro atoms. The lowest BCUT2D eigenvalue weighted by Gasteiger charge is -2.14. The summed E-state index contributed by atoms with van der Waals surface area (Å²) in [6.45, 7) is 1.59. The third-order valence-electron chi connectivity index (χ3n) is 0.865. The Kier molecular flexibility index (Phi) is 1.93. The molecular weight excluding hydrogens is 100 g/mol. The number of hydrogen-bond donors (Lipinski definition) is 0. The first-order chi connectivity index (χ1) is 3.93. The molecule has 0 amide bonds. The summed E-state index contributed by atoms with van der Waals surface area (Å²) in [7, 11) is 0. The Morgan fingerprint density at radius 2 is 2.38 bits per heavy atom. The lowest BCUT2D eigenvalue weighted by Crippen LogP contribution is -2.14. The van der Waals surface area contributed by atoms with Crippen LogP contribution in [0.25, 0.3) is 0 Å². The van der Waals surface area contributed by atoms with Crippen molar-refractivity contribution in [3.63, 3.8) is 0 Å². The van der Waals surface area contributed by atoms with Crippen molar-refractivity contribution in [2.75, 3.05) is 0 Å². The molecule has 1 saturated heterocycles. The molecule has 1 aliphatic rings. The van der Waals surface area contributed by atoms with Gasteiger partial charge in [-0.05, 0) is 12.8 Å². The third-order valence-corrected chi connectivity index (χ3v) is 0.865. The molecule has 1 rings (SSSR count). The van der Waals surface area contributed by atoms with E-state index in [2.05, 4.69) is 5.92 Å². The maximum absolute atomic E-state index is 5.04. The summed E-state index contributed by atoms with van der Waals surface area (Å²) < 4.78 is 4.92. The molecule has 1 atom stereocenters. The van der Waals surface area contributed by atoms with Crippen molar-refractivity contribution in [2.24, 2.45) is 0 Å². The van der Waals surface area contributed by atoms with Gasteiger partial charge in [-0.25, -0.2) is 0 Å². The predicted octanol–water partition coefficient (Wildman–Crippen LogP) is 0.793. The van der Waals surface area contributed by atoms with Gasteiger partial charge in [-0.15, -0.1) is 6.42 Å². The summed E-state index contributed by atoms with van der Waals surface area (Å²) in [5.74, 6) is 2.44. The van der Waals surface area contributed by atoms with E-state index in [4.69, 9.17) is 11.2 Å². The minimum atomic E-state index is -0.153. The lowest BCUT2D eigenvalue weighted by molar-refractivity contribution is 0.175. The second-order valence-corrected chi connectivity index (χ2v) is 1.44. The van der Waals surface area contributed by atoms with Crippen LogP contribution in [0, 0.1) is 38.2 Å². The molecule has 0 aromatic carbocycles. The van der Waals surface area contributed by atoms with Crippen molar-refractivity contribution in [1.82, 2.24) is 0 Å². The maximum atomic E-state index is 5.04. The number of terminal acetylenes is 1. The molecule has 0 unspecified atom stereocenters. The highest BCUT2D eigenvalue weighted by Crippen LogP contribution is 2.10. The fourth-order valence-electron chi connectivity index (χ4n) is 0.481. The molecule has 1 heteroatoms. The van der Waals surface area contributed by atoms with Crippen molar-refractivity contribution in [3.8, 4) is 12.3 Å². The molecule has 1 nitrogen and oxygen atoms in total. The highest BCUT2D eigenvalue weighted by Gasteiger charge is 2.10. The molecule has 4 radical (unpaired) electrons. The van der Waals surface area contributed by atoms with Crippen molar-refractivity contribution in [1.29, 1.82) is 0 Å². The number of ether oxygens (including phenoxy) is 1. The summed E-state index contributed by atoms with van der Waals surface area (Å²) in [4.78, 5) is 0. The fourth-order valence-corrected chi connectivity index (χ4v) is 0.481. The second-order valence-electron chi connectivity index (χ2n) is 1.44. The molecule has 40 valence electrons. The third kappa shape index (κ3) is 1.24. The van der Waals surface area contributed by atoms with Gasteiger partial charge in [0, 0.05) is 6.42 Å². The van der Waals surface area contributed by atoms with Crippen LogP contribution >= 0.6 is 0 Å². The maximum Gasteiger partial charge on any atom is 0.121 e. The van der Waals surface area contributed by atoms with Gasteiger partial charge >= 0.3 is 0 Å².